The molecule has 1 atom stereocenters. The van der Waals surface area contributed by atoms with Crippen molar-refractivity contribution in [3.05, 3.63) is 29.0 Å². The molecule has 0 unspecified atom stereocenters. The summed E-state index contributed by atoms with van der Waals surface area (Å²) in [6, 6.07) is 3.71. The van der Waals surface area contributed by atoms with Gasteiger partial charge in [0.15, 0.2) is 5.78 Å². The summed E-state index contributed by atoms with van der Waals surface area (Å²) in [5, 5.41) is 8.40. The SMILES string of the molecule is CC(=O)c1nn2c3c(cc(C(C)C)cc13)CCCCCCCCCCNC(=O)[C@H](C)N(C)C(=O)C2. The van der Waals surface area contributed by atoms with Gasteiger partial charge in [-0.15, -0.1) is 0 Å². The molecule has 1 aromatic heterocycles. The molecule has 1 aliphatic heterocycles. The second kappa shape index (κ2) is 12.3. The molecule has 0 aliphatic carbocycles. The molecule has 1 aromatic carbocycles. The van der Waals surface area contributed by atoms with Gasteiger partial charge < -0.3 is 10.2 Å². The molecule has 3 rings (SSSR count). The fourth-order valence-corrected chi connectivity index (χ4v) is 4.82. The van der Waals surface area contributed by atoms with Gasteiger partial charge >= 0.3 is 0 Å². The number of aromatic nitrogens is 2. The number of nitrogens with one attached hydrogen (secondary N) is 1. The zero-order valence-electron chi connectivity index (χ0n) is 22.2. The maximum atomic E-state index is 13.2. The molecule has 7 heteroatoms. The van der Waals surface area contributed by atoms with Crippen molar-refractivity contribution >= 4 is 28.5 Å². The van der Waals surface area contributed by atoms with Crippen molar-refractivity contribution in [3.63, 3.8) is 0 Å². The molecule has 0 fully saturated rings. The number of Topliss-reactive ketones (excluding diaryl/α,β-unsaturated/α-hetero) is 1. The lowest BCUT2D eigenvalue weighted by atomic mass is 9.94. The van der Waals surface area contributed by atoms with Crippen LogP contribution in [0.25, 0.3) is 10.9 Å². The summed E-state index contributed by atoms with van der Waals surface area (Å²) in [5.41, 5.74) is 3.61. The molecule has 0 saturated heterocycles. The van der Waals surface area contributed by atoms with Crippen LogP contribution in [0.4, 0.5) is 0 Å². The predicted molar refractivity (Wildman–Crippen MR) is 140 cm³/mol. The molecule has 2 amide bonds. The molecule has 192 valence electrons. The van der Waals surface area contributed by atoms with E-state index in [2.05, 4.69) is 36.4 Å². The Kier molecular flexibility index (Phi) is 9.47. The summed E-state index contributed by atoms with van der Waals surface area (Å²) in [5.74, 6) is -0.133. The second-order valence-electron chi connectivity index (χ2n) is 10.3. The lowest BCUT2D eigenvalue weighted by Gasteiger charge is -2.24. The van der Waals surface area contributed by atoms with Crippen molar-refractivity contribution in [2.75, 3.05) is 13.6 Å². The van der Waals surface area contributed by atoms with Crippen LogP contribution in [0.5, 0.6) is 0 Å². The van der Waals surface area contributed by atoms with Crippen molar-refractivity contribution in [1.29, 1.82) is 0 Å². The van der Waals surface area contributed by atoms with E-state index in [-0.39, 0.29) is 24.1 Å². The average molecular weight is 483 g/mol. The zero-order chi connectivity index (χ0) is 25.5. The Labute approximate surface area is 209 Å². The number of hydrogen-bond donors (Lipinski definition) is 1. The van der Waals surface area contributed by atoms with Gasteiger partial charge in [0.2, 0.25) is 11.8 Å². The van der Waals surface area contributed by atoms with Crippen LogP contribution in [0.1, 0.15) is 107 Å². The van der Waals surface area contributed by atoms with Crippen LogP contribution in [-0.2, 0) is 22.6 Å². The van der Waals surface area contributed by atoms with Crippen molar-refractivity contribution in [2.45, 2.75) is 104 Å². The predicted octanol–water partition coefficient (Wildman–Crippen LogP) is 5.00. The average Bonchev–Trinajstić information content (AvgIpc) is 3.19. The van der Waals surface area contributed by atoms with Gasteiger partial charge in [-0.1, -0.05) is 58.4 Å². The van der Waals surface area contributed by atoms with Crippen LogP contribution in [0.3, 0.4) is 0 Å². The zero-order valence-corrected chi connectivity index (χ0v) is 22.2. The number of likely N-dealkylation sites (N-methyl/N-ethyl adjacent to an activating group) is 1. The van der Waals surface area contributed by atoms with Crippen LogP contribution in [0, 0.1) is 0 Å². The summed E-state index contributed by atoms with van der Waals surface area (Å²) >= 11 is 0. The van der Waals surface area contributed by atoms with Crippen LogP contribution in [-0.4, -0.2) is 51.9 Å². The minimum atomic E-state index is -0.578. The van der Waals surface area contributed by atoms with Crippen LogP contribution in [0.2, 0.25) is 0 Å². The summed E-state index contributed by atoms with van der Waals surface area (Å²) in [4.78, 5) is 39.8. The van der Waals surface area contributed by atoms with E-state index in [1.54, 1.807) is 18.7 Å². The van der Waals surface area contributed by atoms with Crippen molar-refractivity contribution in [2.24, 2.45) is 0 Å². The van der Waals surface area contributed by atoms with E-state index in [9.17, 15) is 14.4 Å². The molecular formula is C28H42N4O3. The van der Waals surface area contributed by atoms with E-state index in [1.165, 1.54) is 43.1 Å². The molecule has 1 aliphatic rings. The maximum absolute atomic E-state index is 13.2. The first-order valence-corrected chi connectivity index (χ1v) is 13.3. The molecule has 0 spiro atoms. The highest BCUT2D eigenvalue weighted by Crippen LogP contribution is 2.30. The smallest absolute Gasteiger partial charge is 0.244 e. The van der Waals surface area contributed by atoms with Gasteiger partial charge in [0.1, 0.15) is 18.3 Å². The largest absolute Gasteiger partial charge is 0.354 e. The minimum absolute atomic E-state index is 0.00801. The lowest BCUT2D eigenvalue weighted by Crippen LogP contribution is -2.47. The third-order valence-electron chi connectivity index (χ3n) is 7.26. The highest BCUT2D eigenvalue weighted by molar-refractivity contribution is 6.06. The van der Waals surface area contributed by atoms with Crippen LogP contribution >= 0.6 is 0 Å². The monoisotopic (exact) mass is 482 g/mol. The van der Waals surface area contributed by atoms with Gasteiger partial charge in [-0.3, -0.25) is 19.1 Å². The van der Waals surface area contributed by atoms with Crippen LogP contribution in [0.15, 0.2) is 12.1 Å². The Morgan fingerprint density at radius 2 is 1.66 bits per heavy atom. The molecule has 1 N–H and O–H groups in total. The summed E-state index contributed by atoms with van der Waals surface area (Å²) < 4.78 is 1.68. The quantitative estimate of drug-likeness (QED) is 0.611. The van der Waals surface area contributed by atoms with Gasteiger partial charge in [-0.25, -0.2) is 0 Å². The third-order valence-corrected chi connectivity index (χ3v) is 7.26. The number of ketones is 1. The Hall–Kier alpha value is -2.70. The van der Waals surface area contributed by atoms with Gasteiger partial charge in [0, 0.05) is 25.9 Å². The summed E-state index contributed by atoms with van der Waals surface area (Å²) in [7, 11) is 1.66. The first-order valence-electron chi connectivity index (χ1n) is 13.3. The third kappa shape index (κ3) is 6.71. The number of benzene rings is 1. The number of carbonyl (C=O) groups is 3. The molecule has 0 bridgehead atoms. The van der Waals surface area contributed by atoms with E-state index in [4.69, 9.17) is 0 Å². The number of nitrogens with zero attached hydrogens (tertiary/aromatic N) is 3. The molecule has 0 saturated carbocycles. The standard InChI is InChI=1S/C28H42N4O3/c1-19(2)23-16-22-14-12-10-8-6-7-9-11-13-15-29-28(35)20(3)31(5)25(34)18-32-27(22)24(17-23)26(30-32)21(4)33/h16-17,19-20H,6-15,18H2,1-5H3,(H,29,35)/t20-/m0/s1. The Morgan fingerprint density at radius 3 is 2.29 bits per heavy atom. The van der Waals surface area contributed by atoms with E-state index < -0.39 is 6.04 Å². The van der Waals surface area contributed by atoms with E-state index in [0.29, 0.717) is 18.2 Å². The van der Waals surface area contributed by atoms with Crippen molar-refractivity contribution in [1.82, 2.24) is 20.0 Å². The van der Waals surface area contributed by atoms with E-state index in [0.717, 1.165) is 48.6 Å². The van der Waals surface area contributed by atoms with Gasteiger partial charge in [0.05, 0.1) is 5.52 Å². The van der Waals surface area contributed by atoms with Gasteiger partial charge in [-0.05, 0) is 49.3 Å². The normalized spacial score (nSPS) is 19.8. The fourth-order valence-electron chi connectivity index (χ4n) is 4.82. The number of hydrogen-bond acceptors (Lipinski definition) is 4. The number of amides is 2. The van der Waals surface area contributed by atoms with Crippen molar-refractivity contribution in [3.8, 4) is 0 Å². The lowest BCUT2D eigenvalue weighted by molar-refractivity contribution is -0.138. The van der Waals surface area contributed by atoms with E-state index in [1.807, 2.05) is 0 Å². The topological polar surface area (TPSA) is 84.3 Å². The van der Waals surface area contributed by atoms with Crippen LogP contribution < -0.4 is 5.32 Å². The highest BCUT2D eigenvalue weighted by atomic mass is 16.2. The number of carbonyl (C=O) groups excluding carboxylic acids is 3. The van der Waals surface area contributed by atoms with Gasteiger partial charge in [0.25, 0.3) is 0 Å². The molecule has 7 nitrogen and oxygen atoms in total. The Morgan fingerprint density at radius 1 is 1.03 bits per heavy atom. The van der Waals surface area contributed by atoms with Crippen molar-refractivity contribution < 1.29 is 14.4 Å². The second-order valence-corrected chi connectivity index (χ2v) is 10.3. The maximum Gasteiger partial charge on any atom is 0.244 e. The summed E-state index contributed by atoms with van der Waals surface area (Å²) in [6.45, 7) is 8.21. The molecule has 0 radical (unpaired) electrons. The molecule has 2 aromatic rings. The van der Waals surface area contributed by atoms with Gasteiger partial charge in [-0.2, -0.15) is 5.10 Å². The fraction of sp³-hybridized carbons (Fsp3) is 0.643. The Balaban J connectivity index is 2.01. The molecule has 35 heavy (non-hydrogen) atoms. The Bertz CT molecular complexity index is 1060. The minimum Gasteiger partial charge on any atom is -0.354 e. The number of rotatable bonds is 2. The van der Waals surface area contributed by atoms with E-state index >= 15 is 0 Å². The first kappa shape index (κ1) is 26.9. The molecular weight excluding hydrogens is 440 g/mol. The highest BCUT2D eigenvalue weighted by Gasteiger charge is 2.25. The molecule has 2 heterocycles. The number of aryl methyl sites for hydroxylation is 1. The first-order chi connectivity index (χ1) is 16.7. The summed E-state index contributed by atoms with van der Waals surface area (Å²) in [6.07, 6.45) is 10.1.